The highest BCUT2D eigenvalue weighted by atomic mass is 16.4. The molecule has 7 heteroatoms. The molecule has 0 aliphatic heterocycles. The highest BCUT2D eigenvalue weighted by molar-refractivity contribution is 5.73. The topological polar surface area (TPSA) is 153 Å². The smallest absolute Gasteiger partial charge is 0.320 e. The summed E-state index contributed by atoms with van der Waals surface area (Å²) in [6.07, 6.45) is 0.965. The van der Waals surface area contributed by atoms with Gasteiger partial charge in [-0.1, -0.05) is 0 Å². The lowest BCUT2D eigenvalue weighted by Gasteiger charge is -2.17. The standard InChI is InChI=1S/C9H19N3O4/c10-4-5(3-7(12)9(15)16)1-2-6(11)8(13)14/h5-7H,1-4,10-12H2,(H,13,14)(H,15,16)/t5?,6-,7?/m0/s1. The lowest BCUT2D eigenvalue weighted by molar-refractivity contribution is -0.140. The van der Waals surface area contributed by atoms with Gasteiger partial charge in [0.2, 0.25) is 0 Å². The molecule has 0 aromatic rings. The van der Waals surface area contributed by atoms with Crippen molar-refractivity contribution in [2.45, 2.75) is 31.3 Å². The number of carbonyl (C=O) groups is 2. The zero-order valence-electron chi connectivity index (χ0n) is 9.00. The summed E-state index contributed by atoms with van der Waals surface area (Å²) in [4.78, 5) is 21.0. The summed E-state index contributed by atoms with van der Waals surface area (Å²) in [6, 6.07) is -1.90. The summed E-state index contributed by atoms with van der Waals surface area (Å²) in [5.41, 5.74) is 16.1. The second-order valence-corrected chi connectivity index (χ2v) is 3.80. The third-order valence-corrected chi connectivity index (χ3v) is 2.44. The minimum Gasteiger partial charge on any atom is -0.480 e. The molecule has 0 aliphatic rings. The third kappa shape index (κ3) is 5.64. The Labute approximate surface area is 93.6 Å². The first-order valence-corrected chi connectivity index (χ1v) is 5.05. The molecule has 0 saturated carbocycles. The average Bonchev–Trinajstić information content (AvgIpc) is 2.22. The Morgan fingerprint density at radius 1 is 1.00 bits per heavy atom. The maximum Gasteiger partial charge on any atom is 0.320 e. The van der Waals surface area contributed by atoms with Crippen LogP contribution in [-0.2, 0) is 9.59 Å². The highest BCUT2D eigenvalue weighted by Gasteiger charge is 2.20. The Balaban J connectivity index is 4.01. The Hall–Kier alpha value is -1.18. The molecule has 0 amide bonds. The number of hydrogen-bond donors (Lipinski definition) is 5. The van der Waals surface area contributed by atoms with Crippen LogP contribution in [0.25, 0.3) is 0 Å². The van der Waals surface area contributed by atoms with E-state index in [1.54, 1.807) is 0 Å². The number of carboxylic acids is 2. The van der Waals surface area contributed by atoms with Crippen molar-refractivity contribution in [2.24, 2.45) is 23.1 Å². The van der Waals surface area contributed by atoms with E-state index in [0.717, 1.165) is 0 Å². The summed E-state index contributed by atoms with van der Waals surface area (Å²) in [5.74, 6) is -2.27. The van der Waals surface area contributed by atoms with Crippen molar-refractivity contribution >= 4 is 11.9 Å². The molecule has 0 aromatic carbocycles. The van der Waals surface area contributed by atoms with Crippen molar-refractivity contribution in [1.82, 2.24) is 0 Å². The molecule has 0 saturated heterocycles. The molecule has 0 bridgehead atoms. The van der Waals surface area contributed by atoms with E-state index in [2.05, 4.69) is 0 Å². The van der Waals surface area contributed by atoms with E-state index >= 15 is 0 Å². The van der Waals surface area contributed by atoms with Gasteiger partial charge in [0.05, 0.1) is 0 Å². The largest absolute Gasteiger partial charge is 0.480 e. The minimum absolute atomic E-state index is 0.114. The van der Waals surface area contributed by atoms with Crippen molar-refractivity contribution in [2.75, 3.05) is 6.54 Å². The van der Waals surface area contributed by atoms with Crippen LogP contribution >= 0.6 is 0 Å². The average molecular weight is 233 g/mol. The number of rotatable bonds is 8. The van der Waals surface area contributed by atoms with Crippen molar-refractivity contribution in [1.29, 1.82) is 0 Å². The van der Waals surface area contributed by atoms with E-state index in [9.17, 15) is 9.59 Å². The van der Waals surface area contributed by atoms with Crippen LogP contribution < -0.4 is 17.2 Å². The molecule has 0 radical (unpaired) electrons. The molecule has 0 aliphatic carbocycles. The maximum absolute atomic E-state index is 10.5. The van der Waals surface area contributed by atoms with Crippen LogP contribution in [0.2, 0.25) is 0 Å². The van der Waals surface area contributed by atoms with Gasteiger partial charge in [-0.2, -0.15) is 0 Å². The number of carboxylic acid groups (broad SMARTS) is 2. The van der Waals surface area contributed by atoms with E-state index in [0.29, 0.717) is 6.42 Å². The van der Waals surface area contributed by atoms with Gasteiger partial charge in [0, 0.05) is 0 Å². The molecule has 0 rings (SSSR count). The van der Waals surface area contributed by atoms with Crippen LogP contribution in [0.3, 0.4) is 0 Å². The van der Waals surface area contributed by atoms with E-state index in [1.807, 2.05) is 0 Å². The molecular weight excluding hydrogens is 214 g/mol. The quantitative estimate of drug-likeness (QED) is 0.344. The monoisotopic (exact) mass is 233 g/mol. The molecule has 0 aromatic heterocycles. The first-order valence-electron chi connectivity index (χ1n) is 5.05. The van der Waals surface area contributed by atoms with E-state index in [-0.39, 0.29) is 25.3 Å². The fraction of sp³-hybridized carbons (Fsp3) is 0.778. The van der Waals surface area contributed by atoms with Crippen molar-refractivity contribution < 1.29 is 19.8 Å². The molecular formula is C9H19N3O4. The molecule has 3 atom stereocenters. The zero-order valence-corrected chi connectivity index (χ0v) is 9.00. The Bertz CT molecular complexity index is 247. The Kier molecular flexibility index (Phi) is 6.63. The predicted molar refractivity (Wildman–Crippen MR) is 57.6 cm³/mol. The van der Waals surface area contributed by atoms with Crippen LogP contribution in [0.5, 0.6) is 0 Å². The SMILES string of the molecule is NCC(CC[C@H](N)C(=O)O)CC(N)C(=O)O. The van der Waals surface area contributed by atoms with Gasteiger partial charge in [0.25, 0.3) is 0 Å². The van der Waals surface area contributed by atoms with Gasteiger partial charge in [0.15, 0.2) is 0 Å². The zero-order chi connectivity index (χ0) is 12.7. The Morgan fingerprint density at radius 3 is 1.88 bits per heavy atom. The fourth-order valence-electron chi connectivity index (χ4n) is 1.33. The second kappa shape index (κ2) is 7.15. The molecule has 16 heavy (non-hydrogen) atoms. The van der Waals surface area contributed by atoms with E-state index in [4.69, 9.17) is 27.4 Å². The van der Waals surface area contributed by atoms with Crippen LogP contribution in [0.1, 0.15) is 19.3 Å². The summed E-state index contributed by atoms with van der Waals surface area (Å²) in [5, 5.41) is 17.2. The lowest BCUT2D eigenvalue weighted by Crippen LogP contribution is -2.36. The number of aliphatic carboxylic acids is 2. The lowest BCUT2D eigenvalue weighted by atomic mass is 9.93. The number of hydrogen-bond acceptors (Lipinski definition) is 5. The van der Waals surface area contributed by atoms with Gasteiger partial charge >= 0.3 is 11.9 Å². The number of nitrogens with two attached hydrogens (primary N) is 3. The molecule has 0 spiro atoms. The van der Waals surface area contributed by atoms with Crippen LogP contribution in [0, 0.1) is 5.92 Å². The fourth-order valence-corrected chi connectivity index (χ4v) is 1.33. The summed E-state index contributed by atoms with van der Waals surface area (Å²) >= 11 is 0. The van der Waals surface area contributed by atoms with Gasteiger partial charge < -0.3 is 27.4 Å². The normalized spacial score (nSPS) is 16.4. The Morgan fingerprint density at radius 2 is 1.50 bits per heavy atom. The highest BCUT2D eigenvalue weighted by Crippen LogP contribution is 2.13. The summed E-state index contributed by atoms with van der Waals surface area (Å²) in [6.45, 7) is 0.271. The second-order valence-electron chi connectivity index (χ2n) is 3.80. The van der Waals surface area contributed by atoms with Gasteiger partial charge in [0.1, 0.15) is 12.1 Å². The minimum atomic E-state index is -1.08. The van der Waals surface area contributed by atoms with Crippen molar-refractivity contribution in [3.8, 4) is 0 Å². The van der Waals surface area contributed by atoms with Crippen molar-refractivity contribution in [3.05, 3.63) is 0 Å². The molecule has 0 heterocycles. The first-order chi connectivity index (χ1) is 7.38. The summed E-state index contributed by atoms with van der Waals surface area (Å²) < 4.78 is 0. The molecule has 8 N–H and O–H groups in total. The van der Waals surface area contributed by atoms with Gasteiger partial charge in [-0.05, 0) is 31.7 Å². The molecule has 7 nitrogen and oxygen atoms in total. The van der Waals surface area contributed by atoms with E-state index < -0.39 is 24.0 Å². The third-order valence-electron chi connectivity index (χ3n) is 2.44. The van der Waals surface area contributed by atoms with Crippen LogP contribution in [0.4, 0.5) is 0 Å². The van der Waals surface area contributed by atoms with Crippen LogP contribution in [-0.4, -0.2) is 40.8 Å². The van der Waals surface area contributed by atoms with Crippen molar-refractivity contribution in [3.63, 3.8) is 0 Å². The van der Waals surface area contributed by atoms with Gasteiger partial charge in [-0.15, -0.1) is 0 Å². The predicted octanol–water partition coefficient (Wildman–Crippen LogP) is -1.44. The van der Waals surface area contributed by atoms with Gasteiger partial charge in [-0.25, -0.2) is 0 Å². The molecule has 0 fully saturated rings. The molecule has 2 unspecified atom stereocenters. The van der Waals surface area contributed by atoms with Crippen LogP contribution in [0.15, 0.2) is 0 Å². The summed E-state index contributed by atoms with van der Waals surface area (Å²) in [7, 11) is 0. The molecule has 94 valence electrons. The first kappa shape index (κ1) is 14.8. The van der Waals surface area contributed by atoms with E-state index in [1.165, 1.54) is 0 Å². The maximum atomic E-state index is 10.5. The van der Waals surface area contributed by atoms with Gasteiger partial charge in [-0.3, -0.25) is 9.59 Å².